The highest BCUT2D eigenvalue weighted by atomic mass is 19.1. The average Bonchev–Trinajstić information content (AvgIpc) is 2.42. The molecule has 2 N–H and O–H groups in total. The van der Waals surface area contributed by atoms with Crippen LogP contribution in [0.25, 0.3) is 0 Å². The van der Waals surface area contributed by atoms with Crippen LogP contribution in [0.4, 0.5) is 4.39 Å². The van der Waals surface area contributed by atoms with E-state index in [1.54, 1.807) is 6.07 Å². The van der Waals surface area contributed by atoms with Crippen LogP contribution in [0.2, 0.25) is 0 Å². The molecule has 1 heterocycles. The summed E-state index contributed by atoms with van der Waals surface area (Å²) < 4.78 is 13.3. The molecule has 0 aliphatic carbocycles. The van der Waals surface area contributed by atoms with Gasteiger partial charge >= 0.3 is 0 Å². The summed E-state index contributed by atoms with van der Waals surface area (Å²) in [4.78, 5) is 2.17. The number of aliphatic hydroxyl groups is 2. The first-order chi connectivity index (χ1) is 9.69. The maximum Gasteiger partial charge on any atom is 0.124 e. The molecule has 1 aromatic carbocycles. The molecule has 0 aromatic heterocycles. The molecule has 3 nitrogen and oxygen atoms in total. The van der Waals surface area contributed by atoms with Crippen LogP contribution in [0.15, 0.2) is 18.2 Å². The second-order valence-electron chi connectivity index (χ2n) is 5.11. The van der Waals surface area contributed by atoms with E-state index in [0.29, 0.717) is 25.1 Å². The minimum Gasteiger partial charge on any atom is -0.395 e. The van der Waals surface area contributed by atoms with E-state index in [9.17, 15) is 9.50 Å². The summed E-state index contributed by atoms with van der Waals surface area (Å²) in [5, 5.41) is 18.4. The fraction of sp³-hybridized carbons (Fsp3) is 0.500. The zero-order chi connectivity index (χ0) is 14.4. The van der Waals surface area contributed by atoms with Crippen molar-refractivity contribution in [2.24, 2.45) is 0 Å². The van der Waals surface area contributed by atoms with Crippen LogP contribution >= 0.6 is 0 Å². The molecule has 1 saturated heterocycles. The van der Waals surface area contributed by atoms with E-state index in [1.165, 1.54) is 12.1 Å². The smallest absolute Gasteiger partial charge is 0.124 e. The van der Waals surface area contributed by atoms with Gasteiger partial charge in [-0.15, -0.1) is 0 Å². The van der Waals surface area contributed by atoms with Crippen LogP contribution in [-0.4, -0.2) is 40.9 Å². The number of nitrogens with zero attached hydrogens (tertiary/aromatic N) is 1. The molecule has 4 heteroatoms. The van der Waals surface area contributed by atoms with Gasteiger partial charge < -0.3 is 10.2 Å². The van der Waals surface area contributed by atoms with Crippen LogP contribution in [0.3, 0.4) is 0 Å². The fourth-order valence-corrected chi connectivity index (χ4v) is 2.43. The lowest BCUT2D eigenvalue weighted by Crippen LogP contribution is -2.37. The van der Waals surface area contributed by atoms with E-state index < -0.39 is 0 Å². The van der Waals surface area contributed by atoms with E-state index in [-0.39, 0.29) is 18.5 Å². The van der Waals surface area contributed by atoms with Crippen LogP contribution in [0.5, 0.6) is 0 Å². The van der Waals surface area contributed by atoms with Crippen molar-refractivity contribution in [2.45, 2.75) is 31.9 Å². The van der Waals surface area contributed by atoms with Crippen molar-refractivity contribution in [3.63, 3.8) is 0 Å². The third-order valence-electron chi connectivity index (χ3n) is 3.41. The number of β-amino-alcohol motifs (C(OH)–C–C–N with tert-alkyl or cyclic N) is 1. The molecule has 1 aliphatic heterocycles. The van der Waals surface area contributed by atoms with Gasteiger partial charge in [0.1, 0.15) is 5.82 Å². The maximum atomic E-state index is 13.3. The van der Waals surface area contributed by atoms with Crippen molar-refractivity contribution >= 4 is 0 Å². The Morgan fingerprint density at radius 1 is 1.40 bits per heavy atom. The van der Waals surface area contributed by atoms with Crippen molar-refractivity contribution in [1.29, 1.82) is 0 Å². The molecule has 1 unspecified atom stereocenters. The van der Waals surface area contributed by atoms with Crippen molar-refractivity contribution in [1.82, 2.24) is 4.90 Å². The summed E-state index contributed by atoms with van der Waals surface area (Å²) in [5.74, 6) is 5.44. The summed E-state index contributed by atoms with van der Waals surface area (Å²) in [6, 6.07) is 4.62. The third kappa shape index (κ3) is 4.31. The lowest BCUT2D eigenvalue weighted by atomic mass is 10.0. The maximum absolute atomic E-state index is 13.3. The Bertz CT molecular complexity index is 507. The van der Waals surface area contributed by atoms with Crippen molar-refractivity contribution < 1.29 is 14.6 Å². The zero-order valence-corrected chi connectivity index (χ0v) is 11.5. The van der Waals surface area contributed by atoms with Crippen molar-refractivity contribution in [2.75, 3.05) is 19.7 Å². The Hall–Kier alpha value is -1.41. The van der Waals surface area contributed by atoms with Gasteiger partial charge in [0.05, 0.1) is 12.7 Å². The molecule has 0 amide bonds. The number of halogens is 1. The molecule has 1 fully saturated rings. The highest BCUT2D eigenvalue weighted by Gasteiger charge is 2.18. The fourth-order valence-electron chi connectivity index (χ4n) is 2.43. The van der Waals surface area contributed by atoms with Gasteiger partial charge in [0, 0.05) is 25.1 Å². The lowest BCUT2D eigenvalue weighted by Gasteiger charge is -2.30. The van der Waals surface area contributed by atoms with Crippen molar-refractivity contribution in [3.05, 3.63) is 35.1 Å². The minimum atomic E-state index is -0.305. The van der Waals surface area contributed by atoms with Gasteiger partial charge in [-0.3, -0.25) is 4.90 Å². The average molecular weight is 277 g/mol. The molecular weight excluding hydrogens is 257 g/mol. The summed E-state index contributed by atoms with van der Waals surface area (Å²) in [5.41, 5.74) is 1.63. The van der Waals surface area contributed by atoms with E-state index in [2.05, 4.69) is 16.7 Å². The Balaban J connectivity index is 2.12. The van der Waals surface area contributed by atoms with Gasteiger partial charge in [-0.05, 0) is 37.1 Å². The van der Waals surface area contributed by atoms with Crippen molar-refractivity contribution in [3.8, 4) is 11.8 Å². The summed E-state index contributed by atoms with van der Waals surface area (Å²) in [7, 11) is 0. The second-order valence-corrected chi connectivity index (χ2v) is 5.11. The number of piperidine rings is 1. The topological polar surface area (TPSA) is 43.7 Å². The quantitative estimate of drug-likeness (QED) is 0.823. The zero-order valence-electron chi connectivity index (χ0n) is 11.5. The summed E-state index contributed by atoms with van der Waals surface area (Å²) in [6.07, 6.45) is 1.95. The predicted octanol–water partition coefficient (Wildman–Crippen LogP) is 1.52. The third-order valence-corrected chi connectivity index (χ3v) is 3.41. The first-order valence-corrected chi connectivity index (χ1v) is 6.97. The van der Waals surface area contributed by atoms with Crippen LogP contribution in [-0.2, 0) is 6.54 Å². The number of hydrogen-bond donors (Lipinski definition) is 2. The Labute approximate surface area is 119 Å². The Morgan fingerprint density at radius 3 is 3.00 bits per heavy atom. The number of rotatable bonds is 3. The molecule has 0 spiro atoms. The SMILES string of the molecule is OCCC#Cc1cc(F)ccc1CN1CCCC(O)C1. The molecule has 1 aliphatic rings. The summed E-state index contributed by atoms with van der Waals surface area (Å²) >= 11 is 0. The van der Waals surface area contributed by atoms with Gasteiger partial charge in [-0.25, -0.2) is 4.39 Å². The molecule has 0 saturated carbocycles. The van der Waals surface area contributed by atoms with E-state index in [1.807, 2.05) is 0 Å². The number of hydrogen-bond acceptors (Lipinski definition) is 3. The highest BCUT2D eigenvalue weighted by molar-refractivity contribution is 5.41. The van der Waals surface area contributed by atoms with Gasteiger partial charge in [-0.1, -0.05) is 17.9 Å². The van der Waals surface area contributed by atoms with Gasteiger partial charge in [0.25, 0.3) is 0 Å². The van der Waals surface area contributed by atoms with Gasteiger partial charge in [0.15, 0.2) is 0 Å². The molecule has 20 heavy (non-hydrogen) atoms. The molecule has 1 aromatic rings. The Morgan fingerprint density at radius 2 is 2.25 bits per heavy atom. The standard InChI is InChI=1S/C16H20FNO2/c17-15-7-6-14(13(10-15)4-1-2-9-19)11-18-8-3-5-16(20)12-18/h6-7,10,16,19-20H,2-3,5,8-9,11-12H2. The summed E-state index contributed by atoms with van der Waals surface area (Å²) in [6.45, 7) is 2.27. The number of aliphatic hydroxyl groups excluding tert-OH is 2. The number of benzene rings is 1. The van der Waals surface area contributed by atoms with Gasteiger partial charge in [-0.2, -0.15) is 0 Å². The molecule has 2 rings (SSSR count). The van der Waals surface area contributed by atoms with E-state index in [4.69, 9.17) is 5.11 Å². The molecule has 1 atom stereocenters. The van der Waals surface area contributed by atoms with Crippen LogP contribution < -0.4 is 0 Å². The largest absolute Gasteiger partial charge is 0.395 e. The lowest BCUT2D eigenvalue weighted by molar-refractivity contribution is 0.0668. The molecular formula is C16H20FNO2. The Kier molecular flexibility index (Phi) is 5.54. The van der Waals surface area contributed by atoms with Crippen LogP contribution in [0, 0.1) is 17.7 Å². The molecule has 0 radical (unpaired) electrons. The first-order valence-electron chi connectivity index (χ1n) is 6.97. The van der Waals surface area contributed by atoms with Gasteiger partial charge in [0.2, 0.25) is 0 Å². The first kappa shape index (κ1) is 15.0. The van der Waals surface area contributed by atoms with E-state index in [0.717, 1.165) is 24.9 Å². The molecule has 108 valence electrons. The number of likely N-dealkylation sites (tertiary alicyclic amines) is 1. The van der Waals surface area contributed by atoms with E-state index >= 15 is 0 Å². The monoisotopic (exact) mass is 277 g/mol. The predicted molar refractivity (Wildman–Crippen MR) is 75.5 cm³/mol. The van der Waals surface area contributed by atoms with Crippen LogP contribution in [0.1, 0.15) is 30.4 Å². The minimum absolute atomic E-state index is 0.00989. The second kappa shape index (κ2) is 7.39. The highest BCUT2D eigenvalue weighted by Crippen LogP contribution is 2.17. The normalized spacial score (nSPS) is 19.4. The molecule has 0 bridgehead atoms.